The van der Waals surface area contributed by atoms with Gasteiger partial charge in [0.15, 0.2) is 11.5 Å². The monoisotopic (exact) mass is 343 g/mol. The number of amides is 1. The molecule has 3 N–H and O–H groups in total. The number of hydrogen-bond donors (Lipinski definition) is 3. The van der Waals surface area contributed by atoms with Crippen LogP contribution in [0.2, 0.25) is 0 Å². The van der Waals surface area contributed by atoms with E-state index in [9.17, 15) is 9.90 Å². The summed E-state index contributed by atoms with van der Waals surface area (Å²) in [5, 5.41) is 28.6. The van der Waals surface area contributed by atoms with Gasteiger partial charge in [0.25, 0.3) is 0 Å². The normalized spacial score (nSPS) is 20.3. The fourth-order valence-corrected chi connectivity index (χ4v) is 2.90. The first-order valence-electron chi connectivity index (χ1n) is 7.87. The quantitative estimate of drug-likeness (QED) is 0.518. The first-order valence-corrected chi connectivity index (χ1v) is 7.87. The first kappa shape index (κ1) is 15.4. The van der Waals surface area contributed by atoms with Gasteiger partial charge in [-0.15, -0.1) is 14.8 Å². The zero-order chi connectivity index (χ0) is 17.4. The molecule has 3 aromatic heterocycles. The molecule has 1 aliphatic heterocycles. The van der Waals surface area contributed by atoms with Crippen LogP contribution < -0.4 is 10.2 Å². The van der Waals surface area contributed by atoms with Crippen molar-refractivity contribution in [3.63, 3.8) is 0 Å². The number of aryl methyl sites for hydroxylation is 1. The molecule has 1 aliphatic rings. The summed E-state index contributed by atoms with van der Waals surface area (Å²) in [4.78, 5) is 21.1. The van der Waals surface area contributed by atoms with Crippen molar-refractivity contribution in [3.05, 3.63) is 29.8 Å². The van der Waals surface area contributed by atoms with Gasteiger partial charge < -0.3 is 20.3 Å². The molecular formula is C14H17N9O2. The first-order chi connectivity index (χ1) is 12.1. The third-order valence-electron chi connectivity index (χ3n) is 4.28. The number of carbonyl (C=O) groups excluding carboxylic acids is 1. The van der Waals surface area contributed by atoms with E-state index in [1.54, 1.807) is 18.5 Å². The number of tetrazole rings is 1. The van der Waals surface area contributed by atoms with Crippen molar-refractivity contribution in [3.8, 4) is 0 Å². The second-order valence-corrected chi connectivity index (χ2v) is 6.02. The number of carbonyl (C=O) groups is 1. The summed E-state index contributed by atoms with van der Waals surface area (Å²) in [6.45, 7) is 2.68. The van der Waals surface area contributed by atoms with Crippen LogP contribution in [0.1, 0.15) is 11.4 Å². The highest BCUT2D eigenvalue weighted by Crippen LogP contribution is 2.18. The number of rotatable bonds is 4. The number of aliphatic hydroxyl groups excluding tert-OH is 1. The van der Waals surface area contributed by atoms with Gasteiger partial charge in [-0.05, 0) is 29.5 Å². The van der Waals surface area contributed by atoms with Crippen molar-refractivity contribution in [2.45, 2.75) is 25.5 Å². The molecule has 11 nitrogen and oxygen atoms in total. The Balaban J connectivity index is 1.42. The zero-order valence-electron chi connectivity index (χ0n) is 13.5. The average molecular weight is 343 g/mol. The number of aromatic amines is 1. The summed E-state index contributed by atoms with van der Waals surface area (Å²) in [6, 6.07) is 3.16. The van der Waals surface area contributed by atoms with Gasteiger partial charge >= 0.3 is 0 Å². The summed E-state index contributed by atoms with van der Waals surface area (Å²) < 4.78 is 1.33. The molecular weight excluding hydrogens is 326 g/mol. The van der Waals surface area contributed by atoms with Gasteiger partial charge in [-0.1, -0.05) is 0 Å². The van der Waals surface area contributed by atoms with Crippen LogP contribution in [-0.4, -0.2) is 71.5 Å². The number of hydrogen-bond acceptors (Lipinski definition) is 8. The maximum Gasteiger partial charge on any atom is 0.226 e. The minimum atomic E-state index is -0.685. The minimum Gasteiger partial charge on any atom is -0.389 e. The molecule has 0 aliphatic carbocycles. The van der Waals surface area contributed by atoms with Gasteiger partial charge in [-0.25, -0.2) is 4.98 Å². The van der Waals surface area contributed by atoms with Gasteiger partial charge in [0.2, 0.25) is 5.91 Å². The third-order valence-corrected chi connectivity index (χ3v) is 4.28. The summed E-state index contributed by atoms with van der Waals surface area (Å²) in [7, 11) is 0. The number of H-pyrrole nitrogens is 1. The lowest BCUT2D eigenvalue weighted by Crippen LogP contribution is -2.43. The fraction of sp³-hybridized carbons (Fsp3) is 0.429. The van der Waals surface area contributed by atoms with E-state index >= 15 is 0 Å². The lowest BCUT2D eigenvalue weighted by molar-refractivity contribution is -0.121. The number of fused-ring (bicyclic) bond motifs is 1. The van der Waals surface area contributed by atoms with E-state index in [1.807, 2.05) is 11.8 Å². The molecule has 0 radical (unpaired) electrons. The molecule has 0 bridgehead atoms. The number of imidazole rings is 1. The Morgan fingerprint density at radius 3 is 3.12 bits per heavy atom. The van der Waals surface area contributed by atoms with E-state index in [2.05, 4.69) is 35.9 Å². The van der Waals surface area contributed by atoms with Gasteiger partial charge in [0.05, 0.1) is 30.6 Å². The highest BCUT2D eigenvalue weighted by molar-refractivity contribution is 5.79. The van der Waals surface area contributed by atoms with E-state index in [0.717, 1.165) is 5.69 Å². The predicted octanol–water partition coefficient (Wildman–Crippen LogP) is -1.54. The van der Waals surface area contributed by atoms with E-state index in [4.69, 9.17) is 0 Å². The summed E-state index contributed by atoms with van der Waals surface area (Å²) >= 11 is 0. The predicted molar refractivity (Wildman–Crippen MR) is 85.8 cm³/mol. The van der Waals surface area contributed by atoms with Crippen molar-refractivity contribution < 1.29 is 9.90 Å². The average Bonchev–Trinajstić information content (AvgIpc) is 3.29. The largest absolute Gasteiger partial charge is 0.389 e. The summed E-state index contributed by atoms with van der Waals surface area (Å²) in [5.74, 6) is 0.462. The van der Waals surface area contributed by atoms with Crippen LogP contribution in [0.5, 0.6) is 0 Å². The van der Waals surface area contributed by atoms with Crippen molar-refractivity contribution in [2.75, 3.05) is 18.0 Å². The van der Waals surface area contributed by atoms with Gasteiger partial charge in [-0.3, -0.25) is 4.79 Å². The summed E-state index contributed by atoms with van der Waals surface area (Å²) in [5.41, 5.74) is 2.11. The zero-order valence-corrected chi connectivity index (χ0v) is 13.5. The highest BCUT2D eigenvalue weighted by Gasteiger charge is 2.33. The van der Waals surface area contributed by atoms with Gasteiger partial charge in [0.1, 0.15) is 0 Å². The third kappa shape index (κ3) is 3.01. The molecule has 0 unspecified atom stereocenters. The lowest BCUT2D eigenvalue weighted by Gasteiger charge is -2.17. The van der Waals surface area contributed by atoms with E-state index in [-0.39, 0.29) is 18.4 Å². The Morgan fingerprint density at radius 2 is 2.32 bits per heavy atom. The minimum absolute atomic E-state index is 0.174. The standard InChI is InChI=1S/C14H17N9O2/c1-8-9(16-7-15-8)4-14(25)17-10-5-22(6-11(10)24)13-3-2-12-18-20-21-23(12)19-13/h2-3,7,10-11,24H,4-6H2,1H3,(H,15,16)(H,17,25)/t10-,11-/m1/s1. The second kappa shape index (κ2) is 6.09. The number of anilines is 1. The Hall–Kier alpha value is -3.08. The molecule has 1 fully saturated rings. The van der Waals surface area contributed by atoms with E-state index < -0.39 is 6.10 Å². The molecule has 11 heteroatoms. The summed E-state index contributed by atoms with van der Waals surface area (Å²) in [6.07, 6.45) is 1.05. The maximum atomic E-state index is 12.2. The Bertz CT molecular complexity index is 904. The van der Waals surface area contributed by atoms with Crippen LogP contribution in [0.3, 0.4) is 0 Å². The van der Waals surface area contributed by atoms with Crippen molar-refractivity contribution in [2.24, 2.45) is 0 Å². The van der Waals surface area contributed by atoms with Crippen molar-refractivity contribution in [1.82, 2.24) is 40.5 Å². The number of nitrogens with zero attached hydrogens (tertiary/aromatic N) is 7. The van der Waals surface area contributed by atoms with Crippen molar-refractivity contribution in [1.29, 1.82) is 0 Å². The van der Waals surface area contributed by atoms with Crippen molar-refractivity contribution >= 4 is 17.4 Å². The Labute approximate surface area is 142 Å². The molecule has 3 aromatic rings. The number of β-amino-alcohol motifs (C(OH)–C–C–N with tert-alkyl or cyclic N) is 1. The molecule has 130 valence electrons. The lowest BCUT2D eigenvalue weighted by atomic mass is 10.2. The Morgan fingerprint density at radius 1 is 1.44 bits per heavy atom. The van der Waals surface area contributed by atoms with Gasteiger partial charge in [-0.2, -0.15) is 0 Å². The molecule has 1 saturated heterocycles. The molecule has 0 aromatic carbocycles. The van der Waals surface area contributed by atoms with Crippen LogP contribution in [-0.2, 0) is 11.2 Å². The number of aliphatic hydroxyl groups is 1. The second-order valence-electron chi connectivity index (χ2n) is 6.02. The fourth-order valence-electron chi connectivity index (χ4n) is 2.90. The molecule has 2 atom stereocenters. The topological polar surface area (TPSA) is 137 Å². The molecule has 25 heavy (non-hydrogen) atoms. The van der Waals surface area contributed by atoms with Crippen LogP contribution in [0.25, 0.3) is 5.65 Å². The number of aromatic nitrogens is 7. The van der Waals surface area contributed by atoms with E-state index in [0.29, 0.717) is 30.2 Å². The molecule has 4 rings (SSSR count). The Kier molecular flexibility index (Phi) is 3.76. The highest BCUT2D eigenvalue weighted by atomic mass is 16.3. The smallest absolute Gasteiger partial charge is 0.226 e. The number of nitrogens with one attached hydrogen (secondary N) is 2. The van der Waals surface area contributed by atoms with Crippen LogP contribution in [0.15, 0.2) is 18.5 Å². The van der Waals surface area contributed by atoms with Crippen LogP contribution >= 0.6 is 0 Å². The SMILES string of the molecule is Cc1[nH]cnc1CC(=O)N[C@@H]1CN(c2ccc3nnnn3n2)C[C@H]1O. The van der Waals surface area contributed by atoms with Crippen LogP contribution in [0.4, 0.5) is 5.82 Å². The molecule has 0 spiro atoms. The van der Waals surface area contributed by atoms with Gasteiger partial charge in [0, 0.05) is 18.8 Å². The molecule has 1 amide bonds. The van der Waals surface area contributed by atoms with Crippen LogP contribution in [0, 0.1) is 6.92 Å². The maximum absolute atomic E-state index is 12.2. The molecule has 0 saturated carbocycles. The van der Waals surface area contributed by atoms with E-state index in [1.165, 1.54) is 4.63 Å². The molecule has 4 heterocycles.